The lowest BCUT2D eigenvalue weighted by atomic mass is 10.1. The van der Waals surface area contributed by atoms with Crippen LogP contribution >= 0.6 is 0 Å². The SMILES string of the molecule is O=C(CC(=O)NN=Cc1ccccc1O)NCCc1ccccc1. The van der Waals surface area contributed by atoms with Gasteiger partial charge >= 0.3 is 0 Å². The minimum Gasteiger partial charge on any atom is -0.507 e. The second kappa shape index (κ2) is 9.09. The highest BCUT2D eigenvalue weighted by molar-refractivity contribution is 5.97. The highest BCUT2D eigenvalue weighted by atomic mass is 16.3. The molecule has 2 amide bonds. The number of nitrogens with one attached hydrogen (secondary N) is 2. The van der Waals surface area contributed by atoms with E-state index in [2.05, 4.69) is 15.8 Å². The zero-order valence-electron chi connectivity index (χ0n) is 13.1. The fourth-order valence-corrected chi connectivity index (χ4v) is 2.01. The number of para-hydroxylation sites is 1. The number of hydrazone groups is 1. The Kier molecular flexibility index (Phi) is 6.52. The summed E-state index contributed by atoms with van der Waals surface area (Å²) in [4.78, 5) is 23.3. The number of carbonyl (C=O) groups excluding carboxylic acids is 2. The maximum absolute atomic E-state index is 11.7. The van der Waals surface area contributed by atoms with Gasteiger partial charge in [0.15, 0.2) is 0 Å². The molecule has 2 aromatic rings. The van der Waals surface area contributed by atoms with Crippen LogP contribution in [0.3, 0.4) is 0 Å². The van der Waals surface area contributed by atoms with E-state index in [4.69, 9.17) is 0 Å². The Morgan fingerprint density at radius 2 is 1.71 bits per heavy atom. The summed E-state index contributed by atoms with van der Waals surface area (Å²) < 4.78 is 0. The number of hydrogen-bond acceptors (Lipinski definition) is 4. The summed E-state index contributed by atoms with van der Waals surface area (Å²) in [5, 5.41) is 16.0. The molecule has 0 aliphatic heterocycles. The first-order valence-electron chi connectivity index (χ1n) is 7.55. The van der Waals surface area contributed by atoms with Crippen molar-refractivity contribution in [2.75, 3.05) is 6.54 Å². The van der Waals surface area contributed by atoms with E-state index in [0.717, 1.165) is 5.56 Å². The molecule has 0 aliphatic carbocycles. The summed E-state index contributed by atoms with van der Waals surface area (Å²) in [5.41, 5.74) is 3.85. The first-order valence-corrected chi connectivity index (χ1v) is 7.55. The molecule has 0 bridgehead atoms. The molecule has 0 spiro atoms. The predicted octanol–water partition coefficient (Wildman–Crippen LogP) is 1.59. The summed E-state index contributed by atoms with van der Waals surface area (Å²) in [5.74, 6) is -0.811. The highest BCUT2D eigenvalue weighted by Crippen LogP contribution is 2.12. The van der Waals surface area contributed by atoms with Crippen LogP contribution in [0.4, 0.5) is 0 Å². The van der Waals surface area contributed by atoms with Crippen LogP contribution in [0.15, 0.2) is 59.7 Å². The molecule has 3 N–H and O–H groups in total. The van der Waals surface area contributed by atoms with Crippen LogP contribution in [0, 0.1) is 0 Å². The highest BCUT2D eigenvalue weighted by Gasteiger charge is 2.08. The second-order valence-corrected chi connectivity index (χ2v) is 5.11. The van der Waals surface area contributed by atoms with Crippen molar-refractivity contribution in [1.29, 1.82) is 0 Å². The van der Waals surface area contributed by atoms with Crippen molar-refractivity contribution in [1.82, 2.24) is 10.7 Å². The van der Waals surface area contributed by atoms with E-state index in [1.165, 1.54) is 12.3 Å². The van der Waals surface area contributed by atoms with Crippen molar-refractivity contribution in [2.24, 2.45) is 5.10 Å². The van der Waals surface area contributed by atoms with Gasteiger partial charge in [-0.1, -0.05) is 42.5 Å². The number of carbonyl (C=O) groups is 2. The van der Waals surface area contributed by atoms with Crippen LogP contribution in [0.25, 0.3) is 0 Å². The number of hydrogen-bond donors (Lipinski definition) is 3. The van der Waals surface area contributed by atoms with Gasteiger partial charge in [-0.15, -0.1) is 0 Å². The minimum atomic E-state index is -0.515. The van der Waals surface area contributed by atoms with Crippen LogP contribution in [0.2, 0.25) is 0 Å². The van der Waals surface area contributed by atoms with Crippen LogP contribution in [0.5, 0.6) is 5.75 Å². The van der Waals surface area contributed by atoms with Crippen molar-refractivity contribution >= 4 is 18.0 Å². The zero-order chi connectivity index (χ0) is 17.2. The molecule has 0 fully saturated rings. The maximum Gasteiger partial charge on any atom is 0.249 e. The zero-order valence-corrected chi connectivity index (χ0v) is 13.1. The van der Waals surface area contributed by atoms with Gasteiger partial charge < -0.3 is 10.4 Å². The predicted molar refractivity (Wildman–Crippen MR) is 91.6 cm³/mol. The quantitative estimate of drug-likeness (QED) is 0.410. The average Bonchev–Trinajstić information content (AvgIpc) is 2.57. The van der Waals surface area contributed by atoms with Crippen LogP contribution < -0.4 is 10.7 Å². The van der Waals surface area contributed by atoms with E-state index >= 15 is 0 Å². The molecule has 2 rings (SSSR count). The molecule has 2 aromatic carbocycles. The normalized spacial score (nSPS) is 10.5. The molecule has 124 valence electrons. The van der Waals surface area contributed by atoms with Crippen LogP contribution in [0.1, 0.15) is 17.5 Å². The van der Waals surface area contributed by atoms with Gasteiger partial charge in [-0.05, 0) is 24.1 Å². The lowest BCUT2D eigenvalue weighted by Crippen LogP contribution is -2.31. The van der Waals surface area contributed by atoms with E-state index in [-0.39, 0.29) is 18.1 Å². The van der Waals surface area contributed by atoms with Crippen LogP contribution in [-0.4, -0.2) is 29.7 Å². The third kappa shape index (κ3) is 5.92. The molecule has 0 aromatic heterocycles. The molecule has 0 saturated heterocycles. The van der Waals surface area contributed by atoms with Gasteiger partial charge in [0.05, 0.1) is 6.21 Å². The Morgan fingerprint density at radius 1 is 1.00 bits per heavy atom. The number of phenolic OH excluding ortho intramolecular Hbond substituents is 1. The number of phenols is 1. The molecule has 0 unspecified atom stereocenters. The lowest BCUT2D eigenvalue weighted by Gasteiger charge is -2.04. The molecular weight excluding hydrogens is 306 g/mol. The summed E-state index contributed by atoms with van der Waals surface area (Å²) >= 11 is 0. The maximum atomic E-state index is 11.7. The van der Waals surface area contributed by atoms with Gasteiger partial charge in [0.1, 0.15) is 12.2 Å². The molecule has 0 heterocycles. The Labute approximate surface area is 140 Å². The Balaban J connectivity index is 1.68. The number of amides is 2. The summed E-state index contributed by atoms with van der Waals surface area (Å²) in [7, 11) is 0. The monoisotopic (exact) mass is 325 g/mol. The van der Waals surface area contributed by atoms with Crippen molar-refractivity contribution < 1.29 is 14.7 Å². The number of benzene rings is 2. The van der Waals surface area contributed by atoms with Crippen molar-refractivity contribution in [3.05, 3.63) is 65.7 Å². The van der Waals surface area contributed by atoms with E-state index in [0.29, 0.717) is 18.5 Å². The van der Waals surface area contributed by atoms with E-state index < -0.39 is 5.91 Å². The van der Waals surface area contributed by atoms with E-state index in [1.54, 1.807) is 18.2 Å². The molecular formula is C18H19N3O3. The minimum absolute atomic E-state index is 0.0640. The van der Waals surface area contributed by atoms with Crippen molar-refractivity contribution in [3.63, 3.8) is 0 Å². The van der Waals surface area contributed by atoms with E-state index in [9.17, 15) is 14.7 Å². The van der Waals surface area contributed by atoms with Crippen molar-refractivity contribution in [2.45, 2.75) is 12.8 Å². The van der Waals surface area contributed by atoms with Gasteiger partial charge in [-0.3, -0.25) is 9.59 Å². The number of nitrogens with zero attached hydrogens (tertiary/aromatic N) is 1. The van der Waals surface area contributed by atoms with Gasteiger partial charge in [0.2, 0.25) is 11.8 Å². The molecule has 0 aliphatic rings. The standard InChI is InChI=1S/C18H19N3O3/c22-16-9-5-4-8-15(16)13-20-21-18(24)12-17(23)19-11-10-14-6-2-1-3-7-14/h1-9,13,22H,10-12H2,(H,19,23)(H,21,24). The Morgan fingerprint density at radius 3 is 2.46 bits per heavy atom. The van der Waals surface area contributed by atoms with Crippen LogP contribution in [-0.2, 0) is 16.0 Å². The average molecular weight is 325 g/mol. The number of rotatable bonds is 7. The fourth-order valence-electron chi connectivity index (χ4n) is 2.01. The number of aromatic hydroxyl groups is 1. The third-order valence-electron chi connectivity index (χ3n) is 3.23. The smallest absolute Gasteiger partial charge is 0.249 e. The molecule has 6 nitrogen and oxygen atoms in total. The Hall–Kier alpha value is -3.15. The molecule has 0 radical (unpaired) electrons. The first-order chi connectivity index (χ1) is 11.6. The summed E-state index contributed by atoms with van der Waals surface area (Å²) in [6.45, 7) is 0.470. The summed E-state index contributed by atoms with van der Waals surface area (Å²) in [6, 6.07) is 16.4. The van der Waals surface area contributed by atoms with Gasteiger partial charge in [0.25, 0.3) is 0 Å². The Bertz CT molecular complexity index is 714. The molecule has 0 saturated carbocycles. The molecule has 24 heavy (non-hydrogen) atoms. The largest absolute Gasteiger partial charge is 0.507 e. The second-order valence-electron chi connectivity index (χ2n) is 5.11. The van der Waals surface area contributed by atoms with Crippen molar-refractivity contribution in [3.8, 4) is 5.75 Å². The van der Waals surface area contributed by atoms with Gasteiger partial charge in [-0.25, -0.2) is 5.43 Å². The lowest BCUT2D eigenvalue weighted by molar-refractivity contribution is -0.129. The molecule has 0 atom stereocenters. The van der Waals surface area contributed by atoms with Gasteiger partial charge in [-0.2, -0.15) is 5.10 Å². The van der Waals surface area contributed by atoms with Gasteiger partial charge in [0, 0.05) is 12.1 Å². The molecule has 6 heteroatoms. The third-order valence-corrected chi connectivity index (χ3v) is 3.23. The topological polar surface area (TPSA) is 90.8 Å². The summed E-state index contributed by atoms with van der Waals surface area (Å²) in [6.07, 6.45) is 1.73. The first kappa shape index (κ1) is 17.2. The fraction of sp³-hybridized carbons (Fsp3) is 0.167. The van der Waals surface area contributed by atoms with E-state index in [1.807, 2.05) is 30.3 Å².